The Hall–Kier alpha value is -3.43. The number of hydrogen-bond donors (Lipinski definition) is 0. The molecule has 0 spiro atoms. The highest BCUT2D eigenvalue weighted by Crippen LogP contribution is 2.34. The van der Waals surface area contributed by atoms with E-state index in [1.165, 1.54) is 10.9 Å². The van der Waals surface area contributed by atoms with Gasteiger partial charge in [0, 0.05) is 30.1 Å². The van der Waals surface area contributed by atoms with E-state index in [9.17, 15) is 14.0 Å². The molecule has 0 unspecified atom stereocenters. The summed E-state index contributed by atoms with van der Waals surface area (Å²) >= 11 is 1.65. The molecule has 3 heterocycles. The molecule has 2 aliphatic heterocycles. The molecule has 9 heteroatoms. The van der Waals surface area contributed by atoms with Gasteiger partial charge < -0.3 is 24.0 Å². The first-order valence-electron chi connectivity index (χ1n) is 12.8. The average Bonchev–Trinajstić information content (AvgIpc) is 3.64. The van der Waals surface area contributed by atoms with Crippen LogP contribution in [-0.4, -0.2) is 67.7 Å². The number of para-hydroxylation sites is 1. The van der Waals surface area contributed by atoms with E-state index in [0.717, 1.165) is 24.8 Å². The number of hydrogen-bond acceptors (Lipinski definition) is 6. The predicted octanol–water partition coefficient (Wildman–Crippen LogP) is 4.72. The quantitative estimate of drug-likeness (QED) is 0.394. The predicted molar refractivity (Wildman–Crippen MR) is 142 cm³/mol. The number of methoxy groups -OCH3 is 1. The molecule has 1 aromatic heterocycles. The van der Waals surface area contributed by atoms with Crippen LogP contribution < -0.4 is 9.47 Å². The van der Waals surface area contributed by atoms with Crippen LogP contribution >= 0.6 is 11.3 Å². The van der Waals surface area contributed by atoms with Crippen LogP contribution in [0, 0.1) is 5.82 Å². The molecule has 38 heavy (non-hydrogen) atoms. The molecule has 2 aromatic carbocycles. The molecular formula is C29H31FN2O5S. The largest absolute Gasteiger partial charge is 0.497 e. The van der Waals surface area contributed by atoms with Gasteiger partial charge >= 0.3 is 0 Å². The fraction of sp³-hybridized carbons (Fsp3) is 0.379. The summed E-state index contributed by atoms with van der Waals surface area (Å²) in [6.07, 6.45) is 2.41. The molecular weight excluding hydrogens is 507 g/mol. The lowest BCUT2D eigenvalue weighted by Gasteiger charge is -2.37. The number of amides is 2. The Morgan fingerprint density at radius 2 is 1.97 bits per heavy atom. The topological polar surface area (TPSA) is 68.3 Å². The second kappa shape index (κ2) is 12.0. The van der Waals surface area contributed by atoms with E-state index in [1.807, 2.05) is 11.4 Å². The van der Waals surface area contributed by atoms with Crippen LogP contribution in [0.2, 0.25) is 0 Å². The Balaban J connectivity index is 1.35. The fourth-order valence-electron chi connectivity index (χ4n) is 5.03. The second-order valence-electron chi connectivity index (χ2n) is 9.44. The minimum Gasteiger partial charge on any atom is -0.497 e. The Labute approximate surface area is 225 Å². The van der Waals surface area contributed by atoms with Gasteiger partial charge in [-0.15, -0.1) is 11.3 Å². The first-order chi connectivity index (χ1) is 18.5. The molecule has 0 aliphatic carbocycles. The SMILES string of the molecule is COc1ccc(C(=O)N(CC(=O)N2CCc3sccc3[C@H]2COc2ccccc2F)C[C@@H]2CCCO2)cc1. The Morgan fingerprint density at radius 1 is 1.16 bits per heavy atom. The fourth-order valence-corrected chi connectivity index (χ4v) is 5.96. The van der Waals surface area contributed by atoms with Crippen LogP contribution in [0.1, 0.15) is 39.7 Å². The van der Waals surface area contributed by atoms with Crippen molar-refractivity contribution in [3.63, 3.8) is 0 Å². The van der Waals surface area contributed by atoms with Gasteiger partial charge in [-0.05, 0) is 72.7 Å². The first-order valence-corrected chi connectivity index (χ1v) is 13.7. The van der Waals surface area contributed by atoms with E-state index in [-0.39, 0.29) is 42.9 Å². The molecule has 0 bridgehead atoms. The van der Waals surface area contributed by atoms with Gasteiger partial charge in [0.1, 0.15) is 18.9 Å². The molecule has 7 nitrogen and oxygen atoms in total. The number of carbonyl (C=O) groups is 2. The Kier molecular flexibility index (Phi) is 8.24. The maximum atomic E-state index is 14.2. The zero-order chi connectivity index (χ0) is 26.5. The highest BCUT2D eigenvalue weighted by atomic mass is 32.1. The summed E-state index contributed by atoms with van der Waals surface area (Å²) in [6.45, 7) is 1.54. The van der Waals surface area contributed by atoms with Crippen LogP contribution in [-0.2, 0) is 16.0 Å². The number of fused-ring (bicyclic) bond motifs is 1. The average molecular weight is 539 g/mol. The molecule has 1 saturated heterocycles. The highest BCUT2D eigenvalue weighted by Gasteiger charge is 2.34. The summed E-state index contributed by atoms with van der Waals surface area (Å²) in [5.74, 6) is -0.0508. The summed E-state index contributed by atoms with van der Waals surface area (Å²) in [7, 11) is 1.57. The molecule has 0 saturated carbocycles. The van der Waals surface area contributed by atoms with Crippen LogP contribution in [0.25, 0.3) is 0 Å². The molecule has 1 fully saturated rings. The minimum absolute atomic E-state index is 0.0829. The zero-order valence-electron chi connectivity index (χ0n) is 21.3. The van der Waals surface area contributed by atoms with E-state index in [2.05, 4.69) is 0 Å². The van der Waals surface area contributed by atoms with E-state index in [1.54, 1.807) is 70.7 Å². The van der Waals surface area contributed by atoms with E-state index >= 15 is 0 Å². The van der Waals surface area contributed by atoms with Gasteiger partial charge in [0.2, 0.25) is 5.91 Å². The van der Waals surface area contributed by atoms with Crippen molar-refractivity contribution in [2.24, 2.45) is 0 Å². The Bertz CT molecular complexity index is 1260. The Morgan fingerprint density at radius 3 is 2.71 bits per heavy atom. The molecule has 3 aromatic rings. The van der Waals surface area contributed by atoms with E-state index < -0.39 is 5.82 Å². The molecule has 5 rings (SSSR count). The molecule has 200 valence electrons. The molecule has 2 amide bonds. The number of rotatable bonds is 9. The number of carbonyl (C=O) groups excluding carboxylic acids is 2. The van der Waals surface area contributed by atoms with Crippen molar-refractivity contribution >= 4 is 23.2 Å². The number of halogens is 1. The van der Waals surface area contributed by atoms with Crippen molar-refractivity contribution < 1.29 is 28.2 Å². The monoisotopic (exact) mass is 538 g/mol. The second-order valence-corrected chi connectivity index (χ2v) is 10.4. The zero-order valence-corrected chi connectivity index (χ0v) is 22.1. The summed E-state index contributed by atoms with van der Waals surface area (Å²) in [5, 5.41) is 2.01. The number of benzene rings is 2. The maximum absolute atomic E-state index is 14.2. The third kappa shape index (κ3) is 5.84. The highest BCUT2D eigenvalue weighted by molar-refractivity contribution is 7.10. The van der Waals surface area contributed by atoms with Crippen LogP contribution in [0.5, 0.6) is 11.5 Å². The molecule has 0 radical (unpaired) electrons. The smallest absolute Gasteiger partial charge is 0.254 e. The van der Waals surface area contributed by atoms with Crippen molar-refractivity contribution in [2.45, 2.75) is 31.4 Å². The van der Waals surface area contributed by atoms with E-state index in [4.69, 9.17) is 14.2 Å². The summed E-state index contributed by atoms with van der Waals surface area (Å²) < 4.78 is 31.1. The third-order valence-electron chi connectivity index (χ3n) is 7.05. The summed E-state index contributed by atoms with van der Waals surface area (Å²) in [6, 6.07) is 14.8. The minimum atomic E-state index is -0.445. The van der Waals surface area contributed by atoms with Crippen molar-refractivity contribution in [1.29, 1.82) is 0 Å². The van der Waals surface area contributed by atoms with E-state index in [0.29, 0.717) is 31.0 Å². The first kappa shape index (κ1) is 26.2. The lowest BCUT2D eigenvalue weighted by molar-refractivity contribution is -0.135. The van der Waals surface area contributed by atoms with Crippen LogP contribution in [0.15, 0.2) is 60.0 Å². The van der Waals surface area contributed by atoms with Crippen LogP contribution in [0.3, 0.4) is 0 Å². The van der Waals surface area contributed by atoms with Gasteiger partial charge in [-0.3, -0.25) is 9.59 Å². The van der Waals surface area contributed by atoms with Gasteiger partial charge in [-0.1, -0.05) is 12.1 Å². The van der Waals surface area contributed by atoms with Crippen molar-refractivity contribution in [1.82, 2.24) is 9.80 Å². The summed E-state index contributed by atoms with van der Waals surface area (Å²) in [4.78, 5) is 31.9. The van der Waals surface area contributed by atoms with Gasteiger partial charge in [0.15, 0.2) is 11.6 Å². The molecule has 2 aliphatic rings. The van der Waals surface area contributed by atoms with Gasteiger partial charge in [-0.25, -0.2) is 4.39 Å². The number of nitrogens with zero attached hydrogens (tertiary/aromatic N) is 2. The van der Waals surface area contributed by atoms with Crippen molar-refractivity contribution in [2.75, 3.05) is 40.0 Å². The van der Waals surface area contributed by atoms with Gasteiger partial charge in [0.05, 0.1) is 19.3 Å². The molecule has 0 N–H and O–H groups in total. The maximum Gasteiger partial charge on any atom is 0.254 e. The number of ether oxygens (including phenoxy) is 3. The lowest BCUT2D eigenvalue weighted by atomic mass is 10.00. The normalized spacial score (nSPS) is 18.6. The number of thiophene rings is 1. The summed E-state index contributed by atoms with van der Waals surface area (Å²) in [5.41, 5.74) is 1.49. The van der Waals surface area contributed by atoms with Gasteiger partial charge in [0.25, 0.3) is 5.91 Å². The standard InChI is InChI=1S/C29H31FN2O5S/c1-35-21-10-8-20(9-11-21)29(34)31(17-22-5-4-15-36-22)18-28(33)32-14-12-27-23(13-16-38-27)25(32)19-37-26-7-3-2-6-24(26)30/h2-3,6-11,13,16,22,25H,4-5,12,14-15,17-19H2,1H3/t22-,25+/m0/s1. The van der Waals surface area contributed by atoms with Gasteiger partial charge in [-0.2, -0.15) is 0 Å². The van der Waals surface area contributed by atoms with Crippen LogP contribution in [0.4, 0.5) is 4.39 Å². The lowest BCUT2D eigenvalue weighted by Crippen LogP contribution is -2.49. The van der Waals surface area contributed by atoms with Crippen molar-refractivity contribution in [3.8, 4) is 11.5 Å². The van der Waals surface area contributed by atoms with Crippen molar-refractivity contribution in [3.05, 3.63) is 81.8 Å². The third-order valence-corrected chi connectivity index (χ3v) is 8.04. The molecule has 2 atom stereocenters.